The number of methoxy groups -OCH3 is 1. The van der Waals surface area contributed by atoms with Crippen molar-refractivity contribution in [3.8, 4) is 5.88 Å². The Morgan fingerprint density at radius 3 is 3.00 bits per heavy atom. The maximum atomic E-state index is 10.6. The molecule has 2 heterocycles. The van der Waals surface area contributed by atoms with E-state index in [9.17, 15) is 10.1 Å². The van der Waals surface area contributed by atoms with Crippen LogP contribution in [0.3, 0.4) is 0 Å². The third-order valence-corrected chi connectivity index (χ3v) is 1.82. The minimum Gasteiger partial charge on any atom is -0.479 e. The Kier molecular flexibility index (Phi) is 1.77. The molecular formula is C7H6N4O3. The van der Waals surface area contributed by atoms with E-state index in [0.717, 1.165) is 6.20 Å². The summed E-state index contributed by atoms with van der Waals surface area (Å²) in [5, 5.41) is 17.3. The van der Waals surface area contributed by atoms with Crippen molar-refractivity contribution < 1.29 is 9.66 Å². The lowest BCUT2D eigenvalue weighted by molar-refractivity contribution is -0.383. The highest BCUT2D eigenvalue weighted by Gasteiger charge is 2.17. The molecule has 1 N–H and O–H groups in total. The molecule has 0 aliphatic heterocycles. The van der Waals surface area contributed by atoms with Gasteiger partial charge in [-0.05, 0) is 0 Å². The first kappa shape index (κ1) is 8.42. The number of hydrogen-bond donors (Lipinski definition) is 1. The molecule has 7 heteroatoms. The van der Waals surface area contributed by atoms with E-state index in [0.29, 0.717) is 16.8 Å². The number of nitrogens with one attached hydrogen (secondary N) is 1. The molecule has 0 radical (unpaired) electrons. The van der Waals surface area contributed by atoms with Crippen LogP contribution in [0.4, 0.5) is 5.69 Å². The standard InChI is InChI=1S/C7H6N4O3/c1-14-7-6-4(2-9-10-6)5(3-8-7)11(12)13/h2-3H,1H3,(H,9,10). The second-order valence-corrected chi connectivity index (χ2v) is 2.57. The molecule has 0 aromatic carbocycles. The molecule has 2 aromatic rings. The van der Waals surface area contributed by atoms with Gasteiger partial charge in [0.05, 0.1) is 18.2 Å². The van der Waals surface area contributed by atoms with E-state index < -0.39 is 4.92 Å². The number of ether oxygens (including phenoxy) is 1. The SMILES string of the molecule is COc1ncc([N+](=O)[O-])c2cn[nH]c12. The van der Waals surface area contributed by atoms with Crippen molar-refractivity contribution in [1.82, 2.24) is 15.2 Å². The second-order valence-electron chi connectivity index (χ2n) is 2.57. The number of hydrogen-bond acceptors (Lipinski definition) is 5. The topological polar surface area (TPSA) is 93.9 Å². The third-order valence-electron chi connectivity index (χ3n) is 1.82. The van der Waals surface area contributed by atoms with E-state index in [1.807, 2.05) is 0 Å². The molecule has 0 bridgehead atoms. The lowest BCUT2D eigenvalue weighted by Crippen LogP contribution is -1.93. The van der Waals surface area contributed by atoms with Crippen LogP contribution >= 0.6 is 0 Å². The lowest BCUT2D eigenvalue weighted by Gasteiger charge is -1.98. The van der Waals surface area contributed by atoms with Crippen molar-refractivity contribution in [2.75, 3.05) is 7.11 Å². The van der Waals surface area contributed by atoms with Crippen LogP contribution in [0.1, 0.15) is 0 Å². The number of fused-ring (bicyclic) bond motifs is 1. The van der Waals surface area contributed by atoms with Crippen LogP contribution in [0.2, 0.25) is 0 Å². The Balaban J connectivity index is 2.78. The normalized spacial score (nSPS) is 10.4. The summed E-state index contributed by atoms with van der Waals surface area (Å²) in [4.78, 5) is 13.9. The number of nitro groups is 1. The molecule has 0 unspecified atom stereocenters. The number of pyridine rings is 1. The van der Waals surface area contributed by atoms with E-state index in [-0.39, 0.29) is 5.69 Å². The molecular weight excluding hydrogens is 188 g/mol. The smallest absolute Gasteiger partial charge is 0.298 e. The fraction of sp³-hybridized carbons (Fsp3) is 0.143. The van der Waals surface area contributed by atoms with Crippen LogP contribution in [0.15, 0.2) is 12.4 Å². The molecule has 0 spiro atoms. The van der Waals surface area contributed by atoms with Gasteiger partial charge in [-0.3, -0.25) is 15.2 Å². The molecule has 72 valence electrons. The summed E-state index contributed by atoms with van der Waals surface area (Å²) in [7, 11) is 1.44. The monoisotopic (exact) mass is 194 g/mol. The molecule has 14 heavy (non-hydrogen) atoms. The Morgan fingerprint density at radius 1 is 1.57 bits per heavy atom. The van der Waals surface area contributed by atoms with Gasteiger partial charge in [-0.2, -0.15) is 5.10 Å². The van der Waals surface area contributed by atoms with Gasteiger partial charge in [-0.25, -0.2) is 4.98 Å². The number of aromatic nitrogens is 3. The van der Waals surface area contributed by atoms with Crippen LogP contribution in [-0.2, 0) is 0 Å². The Bertz CT molecular complexity index is 493. The Morgan fingerprint density at radius 2 is 2.36 bits per heavy atom. The van der Waals surface area contributed by atoms with Gasteiger partial charge in [0, 0.05) is 0 Å². The summed E-state index contributed by atoms with van der Waals surface area (Å²) in [5.74, 6) is 0.295. The van der Waals surface area contributed by atoms with Crippen molar-refractivity contribution in [2.45, 2.75) is 0 Å². The molecule has 2 rings (SSSR count). The van der Waals surface area contributed by atoms with Crippen molar-refractivity contribution in [3.05, 3.63) is 22.5 Å². The number of H-pyrrole nitrogens is 1. The maximum absolute atomic E-state index is 10.6. The van der Waals surface area contributed by atoms with E-state index in [1.54, 1.807) is 0 Å². The largest absolute Gasteiger partial charge is 0.479 e. The highest BCUT2D eigenvalue weighted by molar-refractivity contribution is 5.90. The fourth-order valence-electron chi connectivity index (χ4n) is 1.20. The summed E-state index contributed by atoms with van der Waals surface area (Å²) in [6.07, 6.45) is 2.52. The van der Waals surface area contributed by atoms with Crippen molar-refractivity contribution in [1.29, 1.82) is 0 Å². The van der Waals surface area contributed by atoms with Crippen LogP contribution < -0.4 is 4.74 Å². The zero-order chi connectivity index (χ0) is 10.1. The van der Waals surface area contributed by atoms with E-state index in [2.05, 4.69) is 15.2 Å². The van der Waals surface area contributed by atoms with Crippen LogP contribution in [0.25, 0.3) is 10.9 Å². The van der Waals surface area contributed by atoms with E-state index >= 15 is 0 Å². The minimum absolute atomic E-state index is 0.0884. The molecule has 0 aliphatic rings. The van der Waals surface area contributed by atoms with Crippen molar-refractivity contribution in [2.24, 2.45) is 0 Å². The van der Waals surface area contributed by atoms with Gasteiger partial charge < -0.3 is 4.74 Å². The highest BCUT2D eigenvalue weighted by atomic mass is 16.6. The number of rotatable bonds is 2. The van der Waals surface area contributed by atoms with Gasteiger partial charge >= 0.3 is 0 Å². The second kappa shape index (κ2) is 2.95. The van der Waals surface area contributed by atoms with Crippen LogP contribution in [0.5, 0.6) is 5.88 Å². The Hall–Kier alpha value is -2.18. The molecule has 0 fully saturated rings. The summed E-state index contributed by atoms with van der Waals surface area (Å²) >= 11 is 0. The molecule has 7 nitrogen and oxygen atoms in total. The lowest BCUT2D eigenvalue weighted by atomic mass is 10.3. The first-order chi connectivity index (χ1) is 6.74. The fourth-order valence-corrected chi connectivity index (χ4v) is 1.20. The minimum atomic E-state index is -0.510. The Labute approximate surface area is 77.9 Å². The average Bonchev–Trinajstić information content (AvgIpc) is 2.64. The molecule has 0 saturated carbocycles. The van der Waals surface area contributed by atoms with E-state index in [4.69, 9.17) is 4.74 Å². The summed E-state index contributed by atoms with van der Waals surface area (Å²) in [6, 6.07) is 0. The van der Waals surface area contributed by atoms with Gasteiger partial charge in [0.25, 0.3) is 5.69 Å². The first-order valence-corrected chi connectivity index (χ1v) is 3.74. The number of nitrogens with zero attached hydrogens (tertiary/aromatic N) is 3. The van der Waals surface area contributed by atoms with Gasteiger partial charge in [0.15, 0.2) is 0 Å². The zero-order valence-corrected chi connectivity index (χ0v) is 7.22. The summed E-state index contributed by atoms with van der Waals surface area (Å²) in [5.41, 5.74) is 0.344. The zero-order valence-electron chi connectivity index (χ0n) is 7.22. The van der Waals surface area contributed by atoms with Gasteiger partial charge in [0.1, 0.15) is 17.1 Å². The summed E-state index contributed by atoms with van der Waals surface area (Å²) in [6.45, 7) is 0. The van der Waals surface area contributed by atoms with Crippen molar-refractivity contribution >= 4 is 16.6 Å². The predicted octanol–water partition coefficient (Wildman–Crippen LogP) is 0.875. The molecule has 2 aromatic heterocycles. The van der Waals surface area contributed by atoms with Crippen LogP contribution in [0, 0.1) is 10.1 Å². The molecule has 0 aliphatic carbocycles. The van der Waals surface area contributed by atoms with Gasteiger partial charge in [0.2, 0.25) is 5.88 Å². The predicted molar refractivity (Wildman–Crippen MR) is 47.1 cm³/mol. The molecule has 0 amide bonds. The quantitative estimate of drug-likeness (QED) is 0.565. The van der Waals surface area contributed by atoms with E-state index in [1.165, 1.54) is 13.3 Å². The third kappa shape index (κ3) is 1.06. The maximum Gasteiger partial charge on any atom is 0.298 e. The van der Waals surface area contributed by atoms with Crippen LogP contribution in [-0.4, -0.2) is 27.2 Å². The van der Waals surface area contributed by atoms with Gasteiger partial charge in [-0.15, -0.1) is 0 Å². The highest BCUT2D eigenvalue weighted by Crippen LogP contribution is 2.28. The number of aromatic amines is 1. The summed E-state index contributed by atoms with van der Waals surface area (Å²) < 4.78 is 4.92. The first-order valence-electron chi connectivity index (χ1n) is 3.74. The van der Waals surface area contributed by atoms with Crippen molar-refractivity contribution in [3.63, 3.8) is 0 Å². The van der Waals surface area contributed by atoms with Gasteiger partial charge in [-0.1, -0.05) is 0 Å². The molecule has 0 atom stereocenters. The average molecular weight is 194 g/mol. The molecule has 0 saturated heterocycles.